The number of hydrogen-bond acceptors (Lipinski definition) is 8. The van der Waals surface area contributed by atoms with Crippen LogP contribution in [0.25, 0.3) is 10.5 Å². The monoisotopic (exact) mass is 629 g/mol. The lowest BCUT2D eigenvalue weighted by molar-refractivity contribution is 0.0743. The smallest absolute Gasteiger partial charge is 0.296 e. The second-order valence-corrected chi connectivity index (χ2v) is 11.5. The second-order valence-electron chi connectivity index (χ2n) is 10.4. The molecule has 3 aromatic carbocycles. The maximum atomic E-state index is 13.8. The Morgan fingerprint density at radius 2 is 1.63 bits per heavy atom. The number of ether oxygens (including phenoxy) is 1. The summed E-state index contributed by atoms with van der Waals surface area (Å²) in [4.78, 5) is 40.8. The van der Waals surface area contributed by atoms with Crippen LogP contribution in [0.15, 0.2) is 124 Å². The maximum absolute atomic E-state index is 13.8. The molecule has 6 rings (SSSR count). The van der Waals surface area contributed by atoms with E-state index in [1.54, 1.807) is 30.7 Å². The molecule has 10 nitrogen and oxygen atoms in total. The third kappa shape index (κ3) is 6.87. The third-order valence-electron chi connectivity index (χ3n) is 7.50. The minimum atomic E-state index is -0.269. The van der Waals surface area contributed by atoms with Crippen molar-refractivity contribution in [2.75, 3.05) is 49.5 Å². The van der Waals surface area contributed by atoms with Crippen LogP contribution in [0, 0.1) is 6.57 Å². The van der Waals surface area contributed by atoms with Gasteiger partial charge in [0.15, 0.2) is 0 Å². The molecule has 1 N–H and O–H groups in total. The Hall–Kier alpha value is -5.60. The van der Waals surface area contributed by atoms with E-state index in [2.05, 4.69) is 25.1 Å². The van der Waals surface area contributed by atoms with Crippen LogP contribution in [0.2, 0.25) is 0 Å². The highest BCUT2D eigenvalue weighted by Gasteiger charge is 2.27. The van der Waals surface area contributed by atoms with Gasteiger partial charge in [0.05, 0.1) is 35.9 Å². The molecule has 2 aromatic heterocycles. The SMILES string of the molecule is [C-]#[N+]c1ccccc1Sc1ccccc1C(=O)N1CCN(c2cnn(-c3ccccc3)c(=O)c2NCCOc2cccnc2)CC1. The quantitative estimate of drug-likeness (QED) is 0.153. The summed E-state index contributed by atoms with van der Waals surface area (Å²) in [6.07, 6.45) is 5.03. The van der Waals surface area contributed by atoms with Gasteiger partial charge in [-0.1, -0.05) is 54.6 Å². The number of nitrogens with zero attached hydrogens (tertiary/aromatic N) is 6. The minimum Gasteiger partial charge on any atom is -0.490 e. The molecule has 0 radical (unpaired) electrons. The zero-order chi connectivity index (χ0) is 31.7. The summed E-state index contributed by atoms with van der Waals surface area (Å²) in [6.45, 7) is 10.2. The molecule has 0 saturated carbocycles. The van der Waals surface area contributed by atoms with Gasteiger partial charge in [-0.05, 0) is 36.4 Å². The van der Waals surface area contributed by atoms with Crippen LogP contribution in [-0.2, 0) is 0 Å². The van der Waals surface area contributed by atoms with Crippen LogP contribution < -0.4 is 20.5 Å². The van der Waals surface area contributed by atoms with Crippen LogP contribution in [0.4, 0.5) is 17.1 Å². The largest absolute Gasteiger partial charge is 0.490 e. The molecule has 1 amide bonds. The van der Waals surface area contributed by atoms with E-state index in [9.17, 15) is 9.59 Å². The summed E-state index contributed by atoms with van der Waals surface area (Å²) < 4.78 is 7.17. The Bertz CT molecular complexity index is 1900. The summed E-state index contributed by atoms with van der Waals surface area (Å²) in [5.74, 6) is 0.587. The van der Waals surface area contributed by atoms with E-state index in [1.165, 1.54) is 16.4 Å². The third-order valence-corrected chi connectivity index (χ3v) is 8.64. The predicted octanol–water partition coefficient (Wildman–Crippen LogP) is 5.78. The molecule has 1 aliphatic rings. The molecule has 0 atom stereocenters. The first-order chi connectivity index (χ1) is 22.6. The fourth-order valence-corrected chi connectivity index (χ4v) is 6.20. The van der Waals surface area contributed by atoms with Crippen LogP contribution in [-0.4, -0.2) is 64.9 Å². The Kier molecular flexibility index (Phi) is 9.56. The number of nitrogens with one attached hydrogen (secondary N) is 1. The van der Waals surface area contributed by atoms with Crippen molar-refractivity contribution in [1.82, 2.24) is 19.7 Å². The molecular formula is C35H31N7O3S. The van der Waals surface area contributed by atoms with Gasteiger partial charge in [-0.3, -0.25) is 14.6 Å². The molecule has 0 bridgehead atoms. The van der Waals surface area contributed by atoms with E-state index in [1.807, 2.05) is 83.8 Å². The lowest BCUT2D eigenvalue weighted by atomic mass is 10.1. The molecule has 1 saturated heterocycles. The summed E-state index contributed by atoms with van der Waals surface area (Å²) in [7, 11) is 0. The molecule has 1 fully saturated rings. The Labute approximate surface area is 271 Å². The zero-order valence-electron chi connectivity index (χ0n) is 25.0. The second kappa shape index (κ2) is 14.5. The van der Waals surface area contributed by atoms with Crippen LogP contribution in [0.1, 0.15) is 10.4 Å². The van der Waals surface area contributed by atoms with Crippen molar-refractivity contribution in [1.29, 1.82) is 0 Å². The van der Waals surface area contributed by atoms with Crippen LogP contribution >= 0.6 is 11.8 Å². The predicted molar refractivity (Wildman–Crippen MR) is 179 cm³/mol. The summed E-state index contributed by atoms with van der Waals surface area (Å²) in [6, 6.07) is 27.8. The molecule has 0 unspecified atom stereocenters. The average Bonchev–Trinajstić information content (AvgIpc) is 3.11. The molecule has 11 heteroatoms. The standard InChI is InChI=1S/C35H31N7O3S/c1-36-29-14-6-8-16-32(29)46-31-15-7-5-13-28(31)34(43)41-21-19-40(20-22-41)30-25-39-42(26-10-3-2-4-11-26)35(44)33(30)38-18-23-45-27-12-9-17-37-24-27/h2-17,24-25,38H,18-23H2. The average molecular weight is 630 g/mol. The number of aromatic nitrogens is 3. The fourth-order valence-electron chi connectivity index (χ4n) is 5.19. The zero-order valence-corrected chi connectivity index (χ0v) is 25.8. The van der Waals surface area contributed by atoms with Gasteiger partial charge in [-0.25, -0.2) is 4.85 Å². The summed E-state index contributed by atoms with van der Waals surface area (Å²) in [5, 5.41) is 7.80. The van der Waals surface area contributed by atoms with Crippen molar-refractivity contribution < 1.29 is 9.53 Å². The Balaban J connectivity index is 1.18. The number of pyridine rings is 1. The number of piperazine rings is 1. The number of carbonyl (C=O) groups is 1. The van der Waals surface area contributed by atoms with Crippen molar-refractivity contribution >= 4 is 34.7 Å². The minimum absolute atomic E-state index is 0.0634. The van der Waals surface area contributed by atoms with Gasteiger partial charge in [0.25, 0.3) is 11.5 Å². The fraction of sp³-hybridized carbons (Fsp3) is 0.171. The van der Waals surface area contributed by atoms with Crippen molar-refractivity contribution in [3.63, 3.8) is 0 Å². The van der Waals surface area contributed by atoms with Gasteiger partial charge in [-0.15, -0.1) is 11.8 Å². The Morgan fingerprint density at radius 1 is 0.891 bits per heavy atom. The lowest BCUT2D eigenvalue weighted by Gasteiger charge is -2.37. The van der Waals surface area contributed by atoms with E-state index >= 15 is 0 Å². The maximum Gasteiger partial charge on any atom is 0.296 e. The first kappa shape index (κ1) is 30.4. The van der Waals surface area contributed by atoms with Gasteiger partial charge in [-0.2, -0.15) is 9.78 Å². The molecule has 0 spiro atoms. The van der Waals surface area contributed by atoms with E-state index in [0.29, 0.717) is 73.4 Å². The number of rotatable bonds is 10. The van der Waals surface area contributed by atoms with Gasteiger partial charge < -0.3 is 19.9 Å². The van der Waals surface area contributed by atoms with Gasteiger partial charge in [0.2, 0.25) is 5.69 Å². The molecule has 1 aliphatic heterocycles. The molecule has 46 heavy (non-hydrogen) atoms. The van der Waals surface area contributed by atoms with Crippen molar-refractivity contribution in [2.24, 2.45) is 0 Å². The molecule has 3 heterocycles. The highest BCUT2D eigenvalue weighted by atomic mass is 32.2. The first-order valence-electron chi connectivity index (χ1n) is 14.8. The normalized spacial score (nSPS) is 12.8. The highest BCUT2D eigenvalue weighted by molar-refractivity contribution is 7.99. The van der Waals surface area contributed by atoms with Crippen molar-refractivity contribution in [3.8, 4) is 11.4 Å². The van der Waals surface area contributed by atoms with E-state index < -0.39 is 0 Å². The van der Waals surface area contributed by atoms with E-state index in [0.717, 1.165) is 9.79 Å². The first-order valence-corrected chi connectivity index (χ1v) is 15.7. The topological polar surface area (TPSA) is 97.0 Å². The van der Waals surface area contributed by atoms with E-state index in [4.69, 9.17) is 11.3 Å². The summed E-state index contributed by atoms with van der Waals surface area (Å²) >= 11 is 1.43. The van der Waals surface area contributed by atoms with Crippen molar-refractivity contribution in [3.05, 3.63) is 137 Å². The molecular weight excluding hydrogens is 598 g/mol. The van der Waals surface area contributed by atoms with Crippen LogP contribution in [0.5, 0.6) is 5.75 Å². The van der Waals surface area contributed by atoms with E-state index in [-0.39, 0.29) is 11.5 Å². The molecule has 5 aromatic rings. The van der Waals surface area contributed by atoms with Gasteiger partial charge in [0, 0.05) is 48.7 Å². The van der Waals surface area contributed by atoms with Gasteiger partial charge >= 0.3 is 0 Å². The van der Waals surface area contributed by atoms with Crippen molar-refractivity contribution in [2.45, 2.75) is 9.79 Å². The number of benzene rings is 3. The number of hydrogen-bond donors (Lipinski definition) is 1. The number of carbonyl (C=O) groups excluding carboxylic acids is 1. The van der Waals surface area contributed by atoms with Gasteiger partial charge in [0.1, 0.15) is 18.0 Å². The van der Waals surface area contributed by atoms with Crippen LogP contribution in [0.3, 0.4) is 0 Å². The number of amides is 1. The number of para-hydroxylation sites is 2. The summed E-state index contributed by atoms with van der Waals surface area (Å²) in [5.41, 5.74) is 2.66. The molecule has 230 valence electrons. The number of anilines is 2. The molecule has 0 aliphatic carbocycles. The Morgan fingerprint density at radius 3 is 2.39 bits per heavy atom. The highest BCUT2D eigenvalue weighted by Crippen LogP contribution is 2.37. The lowest BCUT2D eigenvalue weighted by Crippen LogP contribution is -2.49.